The Balaban J connectivity index is 1.23. The number of nitrogens with two attached hydrogens (primary N) is 1. The second-order valence-corrected chi connectivity index (χ2v) is 11.0. The minimum atomic E-state index is -0.246. The number of thiophene rings is 1. The maximum atomic E-state index is 12.5. The van der Waals surface area contributed by atoms with Crippen LogP contribution >= 0.6 is 11.3 Å². The number of hydrogen-bond acceptors (Lipinski definition) is 7. The SMILES string of the molecule is CN(CC(=O)N1CCCC1)C1CCC(Nc2ncnc3sc4c(c23)[C@@H](CC(N)=O)CC4)CC1. The number of nitrogens with zero attached hydrogens (tertiary/aromatic N) is 4. The summed E-state index contributed by atoms with van der Waals surface area (Å²) in [6, 6.07) is 0.805. The van der Waals surface area contributed by atoms with Gasteiger partial charge in [-0.05, 0) is 69.9 Å². The van der Waals surface area contributed by atoms with Gasteiger partial charge in [0.1, 0.15) is 17.0 Å². The monoisotopic (exact) mass is 470 g/mol. The molecule has 2 fully saturated rings. The fraction of sp³-hybridized carbons (Fsp3) is 0.667. The van der Waals surface area contributed by atoms with E-state index in [1.165, 1.54) is 10.4 Å². The molecule has 2 aliphatic carbocycles. The molecule has 2 amide bonds. The summed E-state index contributed by atoms with van der Waals surface area (Å²) < 4.78 is 0. The van der Waals surface area contributed by atoms with Crippen LogP contribution in [0.1, 0.15) is 67.7 Å². The summed E-state index contributed by atoms with van der Waals surface area (Å²) in [7, 11) is 2.09. The molecule has 1 aliphatic heterocycles. The number of carbonyl (C=O) groups excluding carboxylic acids is 2. The zero-order valence-corrected chi connectivity index (χ0v) is 20.2. The van der Waals surface area contributed by atoms with Gasteiger partial charge in [-0.15, -0.1) is 11.3 Å². The fourth-order valence-corrected chi connectivity index (χ4v) is 7.13. The van der Waals surface area contributed by atoms with Crippen LogP contribution in [0.25, 0.3) is 10.2 Å². The highest BCUT2D eigenvalue weighted by Gasteiger charge is 2.32. The lowest BCUT2D eigenvalue weighted by Gasteiger charge is -2.35. The van der Waals surface area contributed by atoms with Gasteiger partial charge in [0.15, 0.2) is 0 Å². The summed E-state index contributed by atoms with van der Waals surface area (Å²) in [5.41, 5.74) is 6.76. The number of carbonyl (C=O) groups is 2. The molecular formula is C24H34N6O2S. The molecule has 33 heavy (non-hydrogen) atoms. The van der Waals surface area contributed by atoms with E-state index in [1.807, 2.05) is 4.90 Å². The zero-order valence-electron chi connectivity index (χ0n) is 19.4. The van der Waals surface area contributed by atoms with Crippen molar-refractivity contribution in [3.8, 4) is 0 Å². The van der Waals surface area contributed by atoms with Crippen molar-refractivity contribution in [2.24, 2.45) is 5.73 Å². The van der Waals surface area contributed by atoms with Gasteiger partial charge < -0.3 is 16.0 Å². The molecule has 3 aliphatic rings. The van der Waals surface area contributed by atoms with E-state index in [0.717, 1.165) is 80.5 Å². The predicted octanol–water partition coefficient (Wildman–Crippen LogP) is 2.87. The quantitative estimate of drug-likeness (QED) is 0.645. The van der Waals surface area contributed by atoms with E-state index >= 15 is 0 Å². The van der Waals surface area contributed by atoms with E-state index in [1.54, 1.807) is 17.7 Å². The van der Waals surface area contributed by atoms with Gasteiger partial charge in [-0.2, -0.15) is 0 Å². The highest BCUT2D eigenvalue weighted by molar-refractivity contribution is 7.19. The number of rotatable bonds is 7. The van der Waals surface area contributed by atoms with E-state index in [0.29, 0.717) is 25.0 Å². The average molecular weight is 471 g/mol. The first-order chi connectivity index (χ1) is 16.0. The molecule has 0 unspecified atom stereocenters. The van der Waals surface area contributed by atoms with Crippen LogP contribution < -0.4 is 11.1 Å². The molecule has 1 saturated heterocycles. The molecule has 9 heteroatoms. The summed E-state index contributed by atoms with van der Waals surface area (Å²) in [5.74, 6) is 1.10. The number of likely N-dealkylation sites (tertiary alicyclic amines) is 1. The van der Waals surface area contributed by atoms with Gasteiger partial charge in [0.2, 0.25) is 11.8 Å². The molecular weight excluding hydrogens is 436 g/mol. The van der Waals surface area contributed by atoms with Crippen molar-refractivity contribution in [1.29, 1.82) is 0 Å². The van der Waals surface area contributed by atoms with Crippen molar-refractivity contribution in [2.45, 2.75) is 75.8 Å². The van der Waals surface area contributed by atoms with E-state index in [-0.39, 0.29) is 17.7 Å². The molecule has 5 rings (SSSR count). The van der Waals surface area contributed by atoms with E-state index in [9.17, 15) is 9.59 Å². The molecule has 2 aromatic rings. The number of primary amides is 1. The van der Waals surface area contributed by atoms with Crippen molar-refractivity contribution in [2.75, 3.05) is 32.0 Å². The number of anilines is 1. The zero-order chi connectivity index (χ0) is 22.9. The Morgan fingerprint density at radius 3 is 2.67 bits per heavy atom. The third-order valence-electron chi connectivity index (χ3n) is 7.68. The van der Waals surface area contributed by atoms with Gasteiger partial charge >= 0.3 is 0 Å². The molecule has 0 aromatic carbocycles. The molecule has 178 valence electrons. The topological polar surface area (TPSA) is 104 Å². The number of amides is 2. The van der Waals surface area contributed by atoms with Crippen LogP contribution in [0.5, 0.6) is 0 Å². The molecule has 8 nitrogen and oxygen atoms in total. The molecule has 1 atom stereocenters. The molecule has 0 radical (unpaired) electrons. The number of fused-ring (bicyclic) bond motifs is 3. The molecule has 1 saturated carbocycles. The highest BCUT2D eigenvalue weighted by atomic mass is 32.1. The number of likely N-dealkylation sites (N-methyl/N-ethyl adjacent to an activating group) is 1. The third-order valence-corrected chi connectivity index (χ3v) is 8.86. The van der Waals surface area contributed by atoms with Crippen molar-refractivity contribution < 1.29 is 9.59 Å². The Kier molecular flexibility index (Phi) is 6.51. The number of aryl methyl sites for hydroxylation is 1. The Bertz CT molecular complexity index is 1030. The van der Waals surface area contributed by atoms with Gasteiger partial charge in [0.25, 0.3) is 0 Å². The Hall–Kier alpha value is -2.26. The van der Waals surface area contributed by atoms with Crippen LogP contribution in [-0.4, -0.2) is 70.3 Å². The Labute approximate surface area is 198 Å². The van der Waals surface area contributed by atoms with Gasteiger partial charge in [-0.25, -0.2) is 9.97 Å². The van der Waals surface area contributed by atoms with Gasteiger partial charge in [-0.1, -0.05) is 0 Å². The minimum Gasteiger partial charge on any atom is -0.370 e. The predicted molar refractivity (Wildman–Crippen MR) is 130 cm³/mol. The molecule has 0 bridgehead atoms. The average Bonchev–Trinajstić information content (AvgIpc) is 3.52. The molecule has 2 aromatic heterocycles. The number of hydrogen-bond donors (Lipinski definition) is 2. The van der Waals surface area contributed by atoms with Crippen LogP contribution in [0.2, 0.25) is 0 Å². The second kappa shape index (κ2) is 9.54. The van der Waals surface area contributed by atoms with Gasteiger partial charge in [-0.3, -0.25) is 14.5 Å². The van der Waals surface area contributed by atoms with Crippen molar-refractivity contribution >= 4 is 39.2 Å². The maximum Gasteiger partial charge on any atom is 0.236 e. The maximum absolute atomic E-state index is 12.5. The first-order valence-corrected chi connectivity index (χ1v) is 13.1. The standard InChI is InChI=1S/C24H34N6O2S/c1-29(13-20(32)30-10-2-3-11-30)17-7-5-16(6-8-17)28-23-22-21-15(12-19(25)31)4-9-18(21)33-24(22)27-14-26-23/h14-17H,2-13H2,1H3,(H2,25,31)(H,26,27,28)/t15-,16?,17?/m1/s1. The summed E-state index contributed by atoms with van der Waals surface area (Å²) in [4.78, 5) is 39.8. The largest absolute Gasteiger partial charge is 0.370 e. The highest BCUT2D eigenvalue weighted by Crippen LogP contribution is 2.46. The van der Waals surface area contributed by atoms with Crippen molar-refractivity contribution in [1.82, 2.24) is 19.8 Å². The van der Waals surface area contributed by atoms with Crippen molar-refractivity contribution in [3.63, 3.8) is 0 Å². The van der Waals surface area contributed by atoms with Crippen LogP contribution in [-0.2, 0) is 16.0 Å². The lowest BCUT2D eigenvalue weighted by atomic mass is 9.90. The van der Waals surface area contributed by atoms with E-state index < -0.39 is 0 Å². The van der Waals surface area contributed by atoms with Crippen molar-refractivity contribution in [3.05, 3.63) is 16.8 Å². The van der Waals surface area contributed by atoms with Gasteiger partial charge in [0, 0.05) is 36.5 Å². The first kappa shape index (κ1) is 22.5. The normalized spacial score (nSPS) is 25.0. The number of nitrogens with one attached hydrogen (secondary N) is 1. The fourth-order valence-electron chi connectivity index (χ4n) is 5.89. The van der Waals surface area contributed by atoms with Crippen LogP contribution in [0.3, 0.4) is 0 Å². The first-order valence-electron chi connectivity index (χ1n) is 12.3. The Morgan fingerprint density at radius 2 is 1.94 bits per heavy atom. The lowest BCUT2D eigenvalue weighted by molar-refractivity contribution is -0.131. The number of aromatic nitrogens is 2. The Morgan fingerprint density at radius 1 is 1.18 bits per heavy atom. The van der Waals surface area contributed by atoms with E-state index in [4.69, 9.17) is 5.73 Å². The molecule has 0 spiro atoms. The van der Waals surface area contributed by atoms with Crippen LogP contribution in [0.15, 0.2) is 6.33 Å². The molecule has 3 heterocycles. The smallest absolute Gasteiger partial charge is 0.236 e. The van der Waals surface area contributed by atoms with Crippen LogP contribution in [0, 0.1) is 0 Å². The van der Waals surface area contributed by atoms with Gasteiger partial charge in [0.05, 0.1) is 11.9 Å². The minimum absolute atomic E-state index is 0.176. The van der Waals surface area contributed by atoms with Crippen LogP contribution in [0.4, 0.5) is 5.82 Å². The molecule has 3 N–H and O–H groups in total. The van der Waals surface area contributed by atoms with E-state index in [2.05, 4.69) is 27.2 Å². The summed E-state index contributed by atoms with van der Waals surface area (Å²) >= 11 is 1.73. The summed E-state index contributed by atoms with van der Waals surface area (Å²) in [6.45, 7) is 2.37. The summed E-state index contributed by atoms with van der Waals surface area (Å²) in [5, 5.41) is 4.80. The second-order valence-electron chi connectivity index (χ2n) is 9.90. The summed E-state index contributed by atoms with van der Waals surface area (Å²) in [6.07, 6.45) is 10.5. The third kappa shape index (κ3) is 4.71. The lowest BCUT2D eigenvalue weighted by Crippen LogP contribution is -2.44.